The van der Waals surface area contributed by atoms with Gasteiger partial charge in [-0.2, -0.15) is 13.2 Å². The minimum atomic E-state index is -4.31. The van der Waals surface area contributed by atoms with Crippen LogP contribution in [0.5, 0.6) is 5.75 Å². The molecule has 0 aliphatic rings. The summed E-state index contributed by atoms with van der Waals surface area (Å²) in [5, 5.41) is 3.35. The predicted octanol–water partition coefficient (Wildman–Crippen LogP) is 4.68. The number of rotatable bonds is 10. The summed E-state index contributed by atoms with van der Waals surface area (Å²) in [4.78, 5) is 2.35. The monoisotopic (exact) mass is 380 g/mol. The highest BCUT2D eigenvalue weighted by Crippen LogP contribution is 2.31. The molecule has 0 saturated heterocycles. The Bertz CT molecular complexity index is 665. The molecule has 0 bridgehead atoms. The van der Waals surface area contributed by atoms with Crippen molar-refractivity contribution in [2.45, 2.75) is 20.0 Å². The first kappa shape index (κ1) is 21.3. The van der Waals surface area contributed by atoms with Gasteiger partial charge in [0.15, 0.2) is 0 Å². The van der Waals surface area contributed by atoms with Gasteiger partial charge in [0.1, 0.15) is 12.4 Å². The summed E-state index contributed by atoms with van der Waals surface area (Å²) in [6.07, 6.45) is -4.31. The van der Waals surface area contributed by atoms with Gasteiger partial charge >= 0.3 is 6.18 Å². The Morgan fingerprint density at radius 2 is 1.41 bits per heavy atom. The van der Waals surface area contributed by atoms with Crippen LogP contribution in [0.15, 0.2) is 48.5 Å². The van der Waals surface area contributed by atoms with Gasteiger partial charge in [-0.3, -0.25) is 0 Å². The van der Waals surface area contributed by atoms with Crippen LogP contribution in [0.25, 0.3) is 11.1 Å². The lowest BCUT2D eigenvalue weighted by atomic mass is 10.0. The SMILES string of the molecule is CCN(CC)CCNCCOc1ccc(-c2ccc(C(F)(F)F)cc2)cc1. The number of likely N-dealkylation sites (N-methyl/N-ethyl adjacent to an activating group) is 1. The van der Waals surface area contributed by atoms with Gasteiger partial charge in [-0.15, -0.1) is 0 Å². The van der Waals surface area contributed by atoms with E-state index in [2.05, 4.69) is 24.1 Å². The normalized spacial score (nSPS) is 11.8. The molecule has 0 fully saturated rings. The Kier molecular flexibility index (Phi) is 8.13. The second-order valence-electron chi connectivity index (χ2n) is 6.22. The van der Waals surface area contributed by atoms with E-state index in [0.717, 1.165) is 61.7 Å². The summed E-state index contributed by atoms with van der Waals surface area (Å²) in [5.41, 5.74) is 0.959. The van der Waals surface area contributed by atoms with Crippen molar-refractivity contribution in [2.75, 3.05) is 39.3 Å². The average Bonchev–Trinajstić information content (AvgIpc) is 2.67. The topological polar surface area (TPSA) is 24.5 Å². The molecule has 0 aliphatic heterocycles. The number of nitrogens with one attached hydrogen (secondary N) is 1. The summed E-state index contributed by atoms with van der Waals surface area (Å²) in [5.74, 6) is 0.746. The molecule has 0 atom stereocenters. The maximum atomic E-state index is 12.6. The van der Waals surface area contributed by atoms with Crippen LogP contribution < -0.4 is 10.1 Å². The first-order valence-electron chi connectivity index (χ1n) is 9.27. The fourth-order valence-corrected chi connectivity index (χ4v) is 2.74. The van der Waals surface area contributed by atoms with E-state index in [1.807, 2.05) is 24.3 Å². The molecule has 0 radical (unpaired) electrons. The van der Waals surface area contributed by atoms with Gasteiger partial charge in [0.2, 0.25) is 0 Å². The van der Waals surface area contributed by atoms with E-state index in [1.54, 1.807) is 0 Å². The van der Waals surface area contributed by atoms with Crippen molar-refractivity contribution in [3.05, 3.63) is 54.1 Å². The molecular formula is C21H27F3N2O. The Labute approximate surface area is 159 Å². The van der Waals surface area contributed by atoms with Crippen molar-refractivity contribution in [1.29, 1.82) is 0 Å². The summed E-state index contributed by atoms with van der Waals surface area (Å²) in [6.45, 7) is 9.70. The molecule has 27 heavy (non-hydrogen) atoms. The lowest BCUT2D eigenvalue weighted by Gasteiger charge is -2.18. The standard InChI is InChI=1S/C21H27F3N2O/c1-3-26(4-2)15-13-25-14-16-27-20-11-7-18(8-12-20)17-5-9-19(10-6-17)21(22,23)24/h5-12,25H,3-4,13-16H2,1-2H3. The van der Waals surface area contributed by atoms with Crippen molar-refractivity contribution in [3.8, 4) is 16.9 Å². The van der Waals surface area contributed by atoms with Crippen molar-refractivity contribution in [1.82, 2.24) is 10.2 Å². The van der Waals surface area contributed by atoms with E-state index in [1.165, 1.54) is 12.1 Å². The number of halogens is 3. The zero-order chi connectivity index (χ0) is 19.7. The Morgan fingerprint density at radius 1 is 0.852 bits per heavy atom. The summed E-state index contributed by atoms with van der Waals surface area (Å²) >= 11 is 0. The van der Waals surface area contributed by atoms with Gasteiger partial charge in [-0.05, 0) is 48.5 Å². The number of nitrogens with zero attached hydrogens (tertiary/aromatic N) is 1. The number of ether oxygens (including phenoxy) is 1. The third kappa shape index (κ3) is 6.88. The minimum Gasteiger partial charge on any atom is -0.492 e. The quantitative estimate of drug-likeness (QED) is 0.606. The van der Waals surface area contributed by atoms with Crippen LogP contribution in [0.1, 0.15) is 19.4 Å². The molecule has 3 nitrogen and oxygen atoms in total. The third-order valence-corrected chi connectivity index (χ3v) is 4.45. The number of hydrogen-bond donors (Lipinski definition) is 1. The van der Waals surface area contributed by atoms with Crippen molar-refractivity contribution < 1.29 is 17.9 Å². The smallest absolute Gasteiger partial charge is 0.416 e. The number of benzene rings is 2. The first-order chi connectivity index (χ1) is 12.9. The molecule has 2 aromatic rings. The highest BCUT2D eigenvalue weighted by molar-refractivity contribution is 5.64. The average molecular weight is 380 g/mol. The van der Waals surface area contributed by atoms with Crippen LogP contribution in [0.2, 0.25) is 0 Å². The van der Waals surface area contributed by atoms with E-state index in [4.69, 9.17) is 4.74 Å². The van der Waals surface area contributed by atoms with Crippen LogP contribution in [0.3, 0.4) is 0 Å². The number of alkyl halides is 3. The van der Waals surface area contributed by atoms with E-state index in [0.29, 0.717) is 6.61 Å². The molecular weight excluding hydrogens is 353 g/mol. The molecule has 148 valence electrons. The first-order valence-corrected chi connectivity index (χ1v) is 9.27. The molecule has 0 saturated carbocycles. The Hall–Kier alpha value is -2.05. The summed E-state index contributed by atoms with van der Waals surface area (Å²) < 4.78 is 43.6. The molecule has 2 rings (SSSR count). The van der Waals surface area contributed by atoms with E-state index in [-0.39, 0.29) is 0 Å². The Morgan fingerprint density at radius 3 is 1.93 bits per heavy atom. The third-order valence-electron chi connectivity index (χ3n) is 4.45. The van der Waals surface area contributed by atoms with Crippen LogP contribution in [0.4, 0.5) is 13.2 Å². The van der Waals surface area contributed by atoms with E-state index in [9.17, 15) is 13.2 Å². The van der Waals surface area contributed by atoms with Gasteiger partial charge in [0, 0.05) is 19.6 Å². The van der Waals surface area contributed by atoms with Crippen molar-refractivity contribution in [2.24, 2.45) is 0 Å². The molecule has 0 unspecified atom stereocenters. The van der Waals surface area contributed by atoms with Crippen LogP contribution >= 0.6 is 0 Å². The van der Waals surface area contributed by atoms with Crippen molar-refractivity contribution in [3.63, 3.8) is 0 Å². The molecule has 1 N–H and O–H groups in total. The maximum absolute atomic E-state index is 12.6. The fraction of sp³-hybridized carbons (Fsp3) is 0.429. The maximum Gasteiger partial charge on any atom is 0.416 e. The van der Waals surface area contributed by atoms with Crippen molar-refractivity contribution >= 4 is 0 Å². The van der Waals surface area contributed by atoms with Gasteiger partial charge in [0.05, 0.1) is 5.56 Å². The molecule has 0 spiro atoms. The van der Waals surface area contributed by atoms with E-state index >= 15 is 0 Å². The molecule has 6 heteroatoms. The lowest BCUT2D eigenvalue weighted by Crippen LogP contribution is -2.33. The van der Waals surface area contributed by atoms with Crippen LogP contribution in [-0.4, -0.2) is 44.2 Å². The van der Waals surface area contributed by atoms with Gasteiger partial charge in [0.25, 0.3) is 0 Å². The zero-order valence-electron chi connectivity index (χ0n) is 15.9. The lowest BCUT2D eigenvalue weighted by molar-refractivity contribution is -0.137. The van der Waals surface area contributed by atoms with Gasteiger partial charge < -0.3 is 15.0 Å². The summed E-state index contributed by atoms with van der Waals surface area (Å²) in [6, 6.07) is 12.5. The predicted molar refractivity (Wildman–Crippen MR) is 103 cm³/mol. The van der Waals surface area contributed by atoms with Gasteiger partial charge in [-0.1, -0.05) is 38.1 Å². The largest absolute Gasteiger partial charge is 0.492 e. The fourth-order valence-electron chi connectivity index (χ4n) is 2.74. The highest BCUT2D eigenvalue weighted by atomic mass is 19.4. The zero-order valence-corrected chi connectivity index (χ0v) is 15.9. The number of hydrogen-bond acceptors (Lipinski definition) is 3. The molecule has 0 aliphatic carbocycles. The van der Waals surface area contributed by atoms with E-state index < -0.39 is 11.7 Å². The highest BCUT2D eigenvalue weighted by Gasteiger charge is 2.29. The second-order valence-corrected chi connectivity index (χ2v) is 6.22. The van der Waals surface area contributed by atoms with Crippen LogP contribution in [-0.2, 0) is 6.18 Å². The second kappa shape index (κ2) is 10.3. The summed E-state index contributed by atoms with van der Waals surface area (Å²) in [7, 11) is 0. The molecule has 0 amide bonds. The molecule has 0 heterocycles. The van der Waals surface area contributed by atoms with Crippen LogP contribution in [0, 0.1) is 0 Å². The molecule has 2 aromatic carbocycles. The minimum absolute atomic E-state index is 0.567. The molecule has 0 aromatic heterocycles. The Balaban J connectivity index is 1.77. The van der Waals surface area contributed by atoms with Gasteiger partial charge in [-0.25, -0.2) is 0 Å².